The molecule has 0 radical (unpaired) electrons. The summed E-state index contributed by atoms with van der Waals surface area (Å²) in [6, 6.07) is 1.07. The predicted molar refractivity (Wildman–Crippen MR) is 114 cm³/mol. The molecule has 0 aliphatic carbocycles. The standard InChI is InChI=1S/C21H32N4O7/c1-11(26)17(22)21(32)25-9-3-4-14(25)19(30)24-18(12(2)27)20(31)23-8-7-13-5-6-15(28)16(29)10-13/h5-6,10-12,14,17-18,26-29H,3-4,7-9,22H2,1-2H3,(H,23,31)(H,24,30)/t11?,12?,14-,17?,18?/m0/s1. The quantitative estimate of drug-likeness (QED) is 0.217. The molecule has 178 valence electrons. The summed E-state index contributed by atoms with van der Waals surface area (Å²) in [6.45, 7) is 3.23. The van der Waals surface area contributed by atoms with Crippen LogP contribution >= 0.6 is 0 Å². The van der Waals surface area contributed by atoms with Crippen LogP contribution in [0.5, 0.6) is 11.5 Å². The van der Waals surface area contributed by atoms with E-state index in [-0.39, 0.29) is 18.0 Å². The molecule has 2 rings (SSSR count). The fourth-order valence-electron chi connectivity index (χ4n) is 3.52. The highest BCUT2D eigenvalue weighted by Crippen LogP contribution is 2.25. The van der Waals surface area contributed by atoms with E-state index in [1.807, 2.05) is 0 Å². The van der Waals surface area contributed by atoms with E-state index < -0.39 is 48.1 Å². The second-order valence-corrected chi connectivity index (χ2v) is 8.05. The van der Waals surface area contributed by atoms with Gasteiger partial charge in [-0.2, -0.15) is 0 Å². The molecule has 1 aromatic rings. The number of aliphatic hydroxyl groups excluding tert-OH is 2. The van der Waals surface area contributed by atoms with Crippen molar-refractivity contribution in [3.05, 3.63) is 23.8 Å². The number of carbonyl (C=O) groups is 3. The van der Waals surface area contributed by atoms with Crippen LogP contribution in [0.3, 0.4) is 0 Å². The third kappa shape index (κ3) is 6.31. The van der Waals surface area contributed by atoms with Crippen LogP contribution in [0.15, 0.2) is 18.2 Å². The fraction of sp³-hybridized carbons (Fsp3) is 0.571. The summed E-state index contributed by atoms with van der Waals surface area (Å²) in [5.74, 6) is -2.25. The Hall–Kier alpha value is -2.89. The number of benzene rings is 1. The van der Waals surface area contributed by atoms with Crippen LogP contribution in [0.4, 0.5) is 0 Å². The minimum absolute atomic E-state index is 0.166. The van der Waals surface area contributed by atoms with Gasteiger partial charge in [-0.3, -0.25) is 14.4 Å². The lowest BCUT2D eigenvalue weighted by atomic mass is 10.1. The number of aromatic hydroxyl groups is 2. The minimum Gasteiger partial charge on any atom is -0.504 e. The summed E-state index contributed by atoms with van der Waals surface area (Å²) in [5.41, 5.74) is 6.39. The Balaban J connectivity index is 1.96. The maximum Gasteiger partial charge on any atom is 0.245 e. The highest BCUT2D eigenvalue weighted by molar-refractivity contribution is 5.93. The number of nitrogens with two attached hydrogens (primary N) is 1. The molecule has 3 amide bonds. The van der Waals surface area contributed by atoms with Crippen molar-refractivity contribution >= 4 is 17.7 Å². The van der Waals surface area contributed by atoms with Crippen molar-refractivity contribution in [1.82, 2.24) is 15.5 Å². The number of phenolic OH excluding ortho intramolecular Hbond substituents is 2. The van der Waals surface area contributed by atoms with Gasteiger partial charge in [0.15, 0.2) is 11.5 Å². The van der Waals surface area contributed by atoms with Crippen molar-refractivity contribution in [2.75, 3.05) is 13.1 Å². The van der Waals surface area contributed by atoms with E-state index in [0.717, 1.165) is 0 Å². The zero-order valence-electron chi connectivity index (χ0n) is 18.2. The maximum absolute atomic E-state index is 12.8. The predicted octanol–water partition coefficient (Wildman–Crippen LogP) is -1.68. The Morgan fingerprint density at radius 1 is 1.16 bits per heavy atom. The first-order valence-corrected chi connectivity index (χ1v) is 10.5. The highest BCUT2D eigenvalue weighted by atomic mass is 16.3. The third-order valence-electron chi connectivity index (χ3n) is 5.46. The van der Waals surface area contributed by atoms with Crippen LogP contribution in [0.2, 0.25) is 0 Å². The number of hydrogen-bond acceptors (Lipinski definition) is 8. The Morgan fingerprint density at radius 3 is 2.44 bits per heavy atom. The number of rotatable bonds is 9. The second kappa shape index (κ2) is 11.1. The lowest BCUT2D eigenvalue weighted by molar-refractivity contribution is -0.142. The van der Waals surface area contributed by atoms with Crippen molar-refractivity contribution in [3.63, 3.8) is 0 Å². The molecule has 0 saturated carbocycles. The first-order chi connectivity index (χ1) is 15.0. The highest BCUT2D eigenvalue weighted by Gasteiger charge is 2.39. The van der Waals surface area contributed by atoms with E-state index in [1.165, 1.54) is 30.9 Å². The Labute approximate surface area is 186 Å². The van der Waals surface area contributed by atoms with Crippen LogP contribution in [0, 0.1) is 0 Å². The molecule has 11 nitrogen and oxygen atoms in total. The molecule has 5 atom stereocenters. The monoisotopic (exact) mass is 452 g/mol. The molecule has 1 aromatic carbocycles. The van der Waals surface area contributed by atoms with Gasteiger partial charge in [0.05, 0.1) is 12.2 Å². The van der Waals surface area contributed by atoms with Crippen LogP contribution in [0.1, 0.15) is 32.3 Å². The summed E-state index contributed by atoms with van der Waals surface area (Å²) in [4.78, 5) is 39.1. The zero-order valence-corrected chi connectivity index (χ0v) is 18.2. The summed E-state index contributed by atoms with van der Waals surface area (Å²) < 4.78 is 0. The number of phenols is 2. The van der Waals surface area contributed by atoms with Gasteiger partial charge in [-0.05, 0) is 50.8 Å². The molecule has 32 heavy (non-hydrogen) atoms. The molecular formula is C21H32N4O7. The van der Waals surface area contributed by atoms with E-state index in [1.54, 1.807) is 6.07 Å². The number of carbonyl (C=O) groups excluding carboxylic acids is 3. The number of nitrogens with one attached hydrogen (secondary N) is 2. The topological polar surface area (TPSA) is 185 Å². The van der Waals surface area contributed by atoms with Gasteiger partial charge in [-0.25, -0.2) is 0 Å². The summed E-state index contributed by atoms with van der Waals surface area (Å²) in [5, 5.41) is 43.6. The van der Waals surface area contributed by atoms with Crippen LogP contribution in [-0.4, -0.2) is 86.5 Å². The van der Waals surface area contributed by atoms with Gasteiger partial charge in [-0.1, -0.05) is 6.07 Å². The van der Waals surface area contributed by atoms with Crippen molar-refractivity contribution in [1.29, 1.82) is 0 Å². The molecule has 1 fully saturated rings. The van der Waals surface area contributed by atoms with E-state index >= 15 is 0 Å². The molecule has 8 N–H and O–H groups in total. The van der Waals surface area contributed by atoms with Crippen LogP contribution < -0.4 is 16.4 Å². The van der Waals surface area contributed by atoms with E-state index in [9.17, 15) is 34.8 Å². The first-order valence-electron chi connectivity index (χ1n) is 10.5. The molecule has 0 aromatic heterocycles. The number of hydrogen-bond donors (Lipinski definition) is 7. The van der Waals surface area contributed by atoms with Gasteiger partial charge in [0.1, 0.15) is 18.1 Å². The van der Waals surface area contributed by atoms with Crippen molar-refractivity contribution < 1.29 is 34.8 Å². The Bertz CT molecular complexity index is 830. The molecule has 0 bridgehead atoms. The molecule has 1 aliphatic rings. The van der Waals surface area contributed by atoms with Gasteiger partial charge >= 0.3 is 0 Å². The normalized spacial score (nSPS) is 19.7. The first kappa shape index (κ1) is 25.4. The molecule has 4 unspecified atom stereocenters. The molecule has 1 aliphatic heterocycles. The average Bonchev–Trinajstić information content (AvgIpc) is 3.22. The van der Waals surface area contributed by atoms with E-state index in [0.29, 0.717) is 31.4 Å². The number of likely N-dealkylation sites (tertiary alicyclic amines) is 1. The number of nitrogens with zero attached hydrogens (tertiary/aromatic N) is 1. The van der Waals surface area contributed by atoms with Crippen molar-refractivity contribution in [3.8, 4) is 11.5 Å². The van der Waals surface area contributed by atoms with Crippen molar-refractivity contribution in [2.45, 2.75) is 63.4 Å². The molecule has 11 heteroatoms. The maximum atomic E-state index is 12.8. The zero-order chi connectivity index (χ0) is 24.0. The van der Waals surface area contributed by atoms with E-state index in [2.05, 4.69) is 10.6 Å². The molecule has 1 heterocycles. The molecular weight excluding hydrogens is 420 g/mol. The fourth-order valence-corrected chi connectivity index (χ4v) is 3.52. The van der Waals surface area contributed by atoms with Crippen LogP contribution in [0.25, 0.3) is 0 Å². The van der Waals surface area contributed by atoms with Gasteiger partial charge in [0.25, 0.3) is 0 Å². The average molecular weight is 453 g/mol. The summed E-state index contributed by atoms with van der Waals surface area (Å²) >= 11 is 0. The molecule has 1 saturated heterocycles. The smallest absolute Gasteiger partial charge is 0.245 e. The lowest BCUT2D eigenvalue weighted by Crippen LogP contribution is -2.58. The van der Waals surface area contributed by atoms with Gasteiger partial charge in [0, 0.05) is 13.1 Å². The lowest BCUT2D eigenvalue weighted by Gasteiger charge is -2.29. The van der Waals surface area contributed by atoms with Gasteiger partial charge < -0.3 is 41.7 Å². The Kier molecular flexibility index (Phi) is 8.81. The van der Waals surface area contributed by atoms with Gasteiger partial charge in [0.2, 0.25) is 17.7 Å². The summed E-state index contributed by atoms with van der Waals surface area (Å²) in [7, 11) is 0. The number of aliphatic hydroxyl groups is 2. The summed E-state index contributed by atoms with van der Waals surface area (Å²) in [6.07, 6.45) is -0.966. The molecule has 0 spiro atoms. The number of amides is 3. The Morgan fingerprint density at radius 2 is 1.84 bits per heavy atom. The third-order valence-corrected chi connectivity index (χ3v) is 5.46. The van der Waals surface area contributed by atoms with Crippen molar-refractivity contribution in [2.24, 2.45) is 5.73 Å². The van der Waals surface area contributed by atoms with Gasteiger partial charge in [-0.15, -0.1) is 0 Å². The SMILES string of the molecule is CC(O)C(N)C(=O)N1CCC[C@H]1C(=O)NC(C(=O)NCCc1ccc(O)c(O)c1)C(C)O. The second-order valence-electron chi connectivity index (χ2n) is 8.05. The van der Waals surface area contributed by atoms with Crippen LogP contribution in [-0.2, 0) is 20.8 Å². The van der Waals surface area contributed by atoms with E-state index in [4.69, 9.17) is 5.73 Å². The largest absolute Gasteiger partial charge is 0.504 e. The minimum atomic E-state index is -1.24.